The first-order chi connectivity index (χ1) is 13.0. The van der Waals surface area contributed by atoms with Gasteiger partial charge in [-0.25, -0.2) is 0 Å². The molecule has 0 amide bonds. The van der Waals surface area contributed by atoms with E-state index in [-0.39, 0.29) is 22.9 Å². The number of rotatable bonds is 3. The number of allylic oxidation sites excluding steroid dienone is 2. The number of carbonyl (C=O) groups is 2. The summed E-state index contributed by atoms with van der Waals surface area (Å²) in [7, 11) is 0. The van der Waals surface area contributed by atoms with Crippen molar-refractivity contribution in [2.45, 2.75) is 41.0 Å². The summed E-state index contributed by atoms with van der Waals surface area (Å²) in [6.07, 6.45) is 0.703. The van der Waals surface area contributed by atoms with Crippen molar-refractivity contribution < 1.29 is 14.7 Å². The van der Waals surface area contributed by atoms with Crippen LogP contribution in [-0.4, -0.2) is 16.7 Å². The second kappa shape index (κ2) is 6.89. The minimum atomic E-state index is -1.19. The molecule has 0 saturated heterocycles. The van der Waals surface area contributed by atoms with Gasteiger partial charge >= 0.3 is 0 Å². The van der Waals surface area contributed by atoms with Gasteiger partial charge in [-0.05, 0) is 74.6 Å². The maximum absolute atomic E-state index is 13.3. The molecule has 2 aromatic carbocycles. The van der Waals surface area contributed by atoms with Crippen LogP contribution in [0.5, 0.6) is 0 Å². The SMILES string of the molecule is CCc1ccc(-c2ccc(Cl)cc2)cc1C1=C(O)C(C)(C)C(=O)C(C)(C)C1=O. The largest absolute Gasteiger partial charge is 0.510 e. The summed E-state index contributed by atoms with van der Waals surface area (Å²) < 4.78 is 0. The van der Waals surface area contributed by atoms with Crippen LogP contribution in [0.4, 0.5) is 0 Å². The van der Waals surface area contributed by atoms with Crippen molar-refractivity contribution in [2.75, 3.05) is 0 Å². The molecule has 0 atom stereocenters. The Morgan fingerprint density at radius 2 is 1.46 bits per heavy atom. The van der Waals surface area contributed by atoms with Gasteiger partial charge in [0.15, 0.2) is 11.6 Å². The molecule has 0 heterocycles. The van der Waals surface area contributed by atoms with E-state index in [4.69, 9.17) is 11.6 Å². The molecule has 3 rings (SSSR count). The summed E-state index contributed by atoms with van der Waals surface area (Å²) in [6.45, 7) is 8.63. The molecule has 4 heteroatoms. The number of hydrogen-bond acceptors (Lipinski definition) is 3. The van der Waals surface area contributed by atoms with Crippen molar-refractivity contribution in [3.8, 4) is 11.1 Å². The van der Waals surface area contributed by atoms with E-state index in [1.165, 1.54) is 0 Å². The molecule has 2 aromatic rings. The molecular weight excluding hydrogens is 372 g/mol. The van der Waals surface area contributed by atoms with E-state index in [1.54, 1.807) is 27.7 Å². The lowest BCUT2D eigenvalue weighted by Gasteiger charge is -2.38. The number of aryl methyl sites for hydroxylation is 1. The molecule has 0 saturated carbocycles. The molecule has 146 valence electrons. The van der Waals surface area contributed by atoms with Crippen molar-refractivity contribution in [2.24, 2.45) is 10.8 Å². The number of halogens is 1. The van der Waals surface area contributed by atoms with Gasteiger partial charge < -0.3 is 5.11 Å². The number of aliphatic hydroxyl groups excluding tert-OH is 1. The zero-order valence-corrected chi connectivity index (χ0v) is 17.6. The summed E-state index contributed by atoms with van der Waals surface area (Å²) >= 11 is 6.00. The molecule has 0 aromatic heterocycles. The van der Waals surface area contributed by atoms with Crippen LogP contribution < -0.4 is 0 Å². The maximum Gasteiger partial charge on any atom is 0.179 e. The molecule has 1 N–H and O–H groups in total. The van der Waals surface area contributed by atoms with Crippen LogP contribution in [0.3, 0.4) is 0 Å². The highest BCUT2D eigenvalue weighted by Crippen LogP contribution is 2.47. The Morgan fingerprint density at radius 1 is 0.893 bits per heavy atom. The molecule has 0 unspecified atom stereocenters. The van der Waals surface area contributed by atoms with Crippen LogP contribution in [0.25, 0.3) is 16.7 Å². The summed E-state index contributed by atoms with van der Waals surface area (Å²) in [6, 6.07) is 13.4. The van der Waals surface area contributed by atoms with Crippen LogP contribution in [0, 0.1) is 10.8 Å². The summed E-state index contributed by atoms with van der Waals surface area (Å²) in [4.78, 5) is 26.1. The smallest absolute Gasteiger partial charge is 0.179 e. The van der Waals surface area contributed by atoms with Gasteiger partial charge in [0.1, 0.15) is 5.76 Å². The molecule has 28 heavy (non-hydrogen) atoms. The minimum absolute atomic E-state index is 0.148. The first-order valence-corrected chi connectivity index (χ1v) is 9.82. The number of Topliss-reactive ketones (excluding diaryl/α,β-unsaturated/α-hetero) is 2. The third-order valence-electron chi connectivity index (χ3n) is 5.70. The molecule has 3 nitrogen and oxygen atoms in total. The van der Waals surface area contributed by atoms with Crippen LogP contribution in [0.15, 0.2) is 48.2 Å². The van der Waals surface area contributed by atoms with Gasteiger partial charge in [0, 0.05) is 5.02 Å². The van der Waals surface area contributed by atoms with Gasteiger partial charge in [0.2, 0.25) is 0 Å². The summed E-state index contributed by atoms with van der Waals surface area (Å²) in [5, 5.41) is 11.6. The fourth-order valence-corrected chi connectivity index (χ4v) is 4.04. The van der Waals surface area contributed by atoms with Crippen LogP contribution >= 0.6 is 11.6 Å². The third-order valence-corrected chi connectivity index (χ3v) is 5.95. The van der Waals surface area contributed by atoms with Crippen LogP contribution in [-0.2, 0) is 16.0 Å². The molecule has 1 aliphatic carbocycles. The number of carbonyl (C=O) groups excluding carboxylic acids is 2. The fourth-order valence-electron chi connectivity index (χ4n) is 3.91. The van der Waals surface area contributed by atoms with E-state index < -0.39 is 10.8 Å². The van der Waals surface area contributed by atoms with E-state index >= 15 is 0 Å². The molecule has 0 spiro atoms. The molecular formula is C24H25ClO3. The highest BCUT2D eigenvalue weighted by molar-refractivity contribution is 6.34. The normalized spacial score (nSPS) is 18.5. The molecule has 0 radical (unpaired) electrons. The monoisotopic (exact) mass is 396 g/mol. The van der Waals surface area contributed by atoms with Crippen LogP contribution in [0.1, 0.15) is 45.7 Å². The Morgan fingerprint density at radius 3 is 2.04 bits per heavy atom. The zero-order chi connectivity index (χ0) is 20.9. The second-order valence-corrected chi connectivity index (χ2v) is 8.80. The minimum Gasteiger partial charge on any atom is -0.510 e. The number of benzene rings is 2. The predicted molar refractivity (Wildman–Crippen MR) is 113 cm³/mol. The lowest BCUT2D eigenvalue weighted by Crippen LogP contribution is -2.48. The average molecular weight is 397 g/mol. The lowest BCUT2D eigenvalue weighted by atomic mass is 9.62. The number of aliphatic hydroxyl groups is 1. The molecule has 0 fully saturated rings. The Kier molecular flexibility index (Phi) is 5.01. The van der Waals surface area contributed by atoms with Crippen molar-refractivity contribution in [1.29, 1.82) is 0 Å². The Balaban J connectivity index is 2.28. The Labute approximate surface area is 171 Å². The quantitative estimate of drug-likeness (QED) is 0.643. The van der Waals surface area contributed by atoms with Gasteiger partial charge in [-0.15, -0.1) is 0 Å². The second-order valence-electron chi connectivity index (χ2n) is 8.36. The van der Waals surface area contributed by atoms with E-state index in [2.05, 4.69) is 0 Å². The Hall–Kier alpha value is -2.39. The van der Waals surface area contributed by atoms with Crippen molar-refractivity contribution in [3.05, 3.63) is 64.4 Å². The number of hydrogen-bond donors (Lipinski definition) is 1. The topological polar surface area (TPSA) is 54.4 Å². The predicted octanol–water partition coefficient (Wildman–Crippen LogP) is 6.04. The van der Waals surface area contributed by atoms with Crippen LogP contribution in [0.2, 0.25) is 5.02 Å². The summed E-state index contributed by atoms with van der Waals surface area (Å²) in [5.74, 6) is -0.750. The lowest BCUT2D eigenvalue weighted by molar-refractivity contribution is -0.143. The maximum atomic E-state index is 13.3. The van der Waals surface area contributed by atoms with Gasteiger partial charge in [0.25, 0.3) is 0 Å². The highest BCUT2D eigenvalue weighted by atomic mass is 35.5. The molecule has 1 aliphatic rings. The van der Waals surface area contributed by atoms with Gasteiger partial charge in [-0.3, -0.25) is 9.59 Å². The van der Waals surface area contributed by atoms with E-state index in [0.717, 1.165) is 16.7 Å². The third kappa shape index (κ3) is 3.08. The Bertz CT molecular complexity index is 995. The number of ketones is 2. The average Bonchev–Trinajstić information content (AvgIpc) is 2.66. The first kappa shape index (κ1) is 20.3. The standard InChI is InChI=1S/C24H25ClO3/c1-6-14-7-8-16(15-9-11-17(25)12-10-15)13-18(14)19-20(26)23(2,3)22(28)24(4,5)21(19)27/h7-13,26H,6H2,1-5H3. The van der Waals surface area contributed by atoms with Gasteiger partial charge in [0.05, 0.1) is 16.4 Å². The molecule has 0 aliphatic heterocycles. The van der Waals surface area contributed by atoms with Crippen molar-refractivity contribution >= 4 is 28.7 Å². The van der Waals surface area contributed by atoms with E-state index in [0.29, 0.717) is 17.0 Å². The first-order valence-electron chi connectivity index (χ1n) is 9.44. The van der Waals surface area contributed by atoms with Crippen molar-refractivity contribution in [3.63, 3.8) is 0 Å². The summed E-state index contributed by atoms with van der Waals surface area (Å²) in [5.41, 5.74) is 1.47. The van der Waals surface area contributed by atoms with E-state index in [1.807, 2.05) is 49.4 Å². The van der Waals surface area contributed by atoms with E-state index in [9.17, 15) is 14.7 Å². The van der Waals surface area contributed by atoms with Gasteiger partial charge in [-0.1, -0.05) is 42.8 Å². The fraction of sp³-hybridized carbons (Fsp3) is 0.333. The molecule has 0 bridgehead atoms. The zero-order valence-electron chi connectivity index (χ0n) is 16.9. The highest BCUT2D eigenvalue weighted by Gasteiger charge is 2.53. The van der Waals surface area contributed by atoms with Gasteiger partial charge in [-0.2, -0.15) is 0 Å². The van der Waals surface area contributed by atoms with Crippen molar-refractivity contribution in [1.82, 2.24) is 0 Å².